The molecule has 0 amide bonds. The van der Waals surface area contributed by atoms with E-state index in [9.17, 15) is 4.39 Å². The van der Waals surface area contributed by atoms with Gasteiger partial charge in [0.25, 0.3) is 0 Å². The summed E-state index contributed by atoms with van der Waals surface area (Å²) in [4.78, 5) is 3.34. The van der Waals surface area contributed by atoms with E-state index in [2.05, 4.69) is 50.0 Å². The van der Waals surface area contributed by atoms with Gasteiger partial charge in [-0.3, -0.25) is 0 Å². The smallest absolute Gasteiger partial charge is 0.169 e. The topological polar surface area (TPSA) is 14.0 Å². The molecule has 2 heteroatoms. The molecule has 0 fully saturated rings. The third kappa shape index (κ3) is 5.35. The average molecular weight is 282 g/mol. The lowest BCUT2D eigenvalue weighted by Gasteiger charge is -2.04. The van der Waals surface area contributed by atoms with Gasteiger partial charge in [0, 0.05) is 5.56 Å². The lowest BCUT2D eigenvalue weighted by Crippen LogP contribution is -2.81. The van der Waals surface area contributed by atoms with Gasteiger partial charge < -0.3 is 0 Å². The molecule has 0 bridgehead atoms. The number of hydrogen-bond donors (Lipinski definition) is 1. The van der Waals surface area contributed by atoms with Gasteiger partial charge in [0.1, 0.15) is 5.82 Å². The van der Waals surface area contributed by atoms with Crippen LogP contribution < -0.4 is 4.99 Å². The van der Waals surface area contributed by atoms with Crippen molar-refractivity contribution in [1.29, 1.82) is 0 Å². The zero-order valence-electron chi connectivity index (χ0n) is 12.7. The molecule has 0 spiro atoms. The van der Waals surface area contributed by atoms with E-state index >= 15 is 0 Å². The molecule has 0 saturated carbocycles. The fourth-order valence-electron chi connectivity index (χ4n) is 1.77. The first-order valence-corrected chi connectivity index (χ1v) is 7.07. The van der Waals surface area contributed by atoms with Gasteiger partial charge in [0.05, 0.1) is 0 Å². The molecule has 2 aromatic carbocycles. The molecule has 0 unspecified atom stereocenters. The van der Waals surface area contributed by atoms with Crippen LogP contribution in [0.1, 0.15) is 37.5 Å². The molecule has 0 aromatic heterocycles. The minimum absolute atomic E-state index is 0.0706. The molecule has 0 radical (unpaired) electrons. The van der Waals surface area contributed by atoms with E-state index in [-0.39, 0.29) is 11.4 Å². The van der Waals surface area contributed by atoms with Crippen molar-refractivity contribution in [2.75, 3.05) is 0 Å². The summed E-state index contributed by atoms with van der Waals surface area (Å²) in [6, 6.07) is 14.7. The second-order valence-corrected chi connectivity index (χ2v) is 6.09. The number of rotatable bonds is 3. The van der Waals surface area contributed by atoms with E-state index in [1.54, 1.807) is 12.1 Å². The SMILES string of the molecule is CC(C)(C)[NH+]=Cc1ccc(/C=C/c2ccc(F)cc2)cc1. The Morgan fingerprint density at radius 2 is 1.19 bits per heavy atom. The first-order chi connectivity index (χ1) is 9.92. The standard InChI is InChI=1S/C19H20FN/c1-19(2,3)21-14-17-8-6-15(7-9-17)4-5-16-10-12-18(20)13-11-16/h4-14H,1-3H3/p+1/b5-4+,21-14?. The van der Waals surface area contributed by atoms with Gasteiger partial charge in [-0.15, -0.1) is 0 Å². The van der Waals surface area contributed by atoms with Crippen LogP contribution in [0, 0.1) is 5.82 Å². The summed E-state index contributed by atoms with van der Waals surface area (Å²) < 4.78 is 12.8. The van der Waals surface area contributed by atoms with Crippen molar-refractivity contribution in [3.8, 4) is 0 Å². The molecule has 0 aliphatic rings. The maximum Gasteiger partial charge on any atom is 0.169 e. The van der Waals surface area contributed by atoms with E-state index < -0.39 is 0 Å². The van der Waals surface area contributed by atoms with Crippen LogP contribution in [-0.4, -0.2) is 11.8 Å². The van der Waals surface area contributed by atoms with Crippen molar-refractivity contribution in [3.63, 3.8) is 0 Å². The molecule has 108 valence electrons. The summed E-state index contributed by atoms with van der Waals surface area (Å²) in [6.45, 7) is 6.38. The summed E-state index contributed by atoms with van der Waals surface area (Å²) in [7, 11) is 0. The van der Waals surface area contributed by atoms with Crippen LogP contribution in [0.4, 0.5) is 4.39 Å². The van der Waals surface area contributed by atoms with E-state index in [1.165, 1.54) is 12.1 Å². The summed E-state index contributed by atoms with van der Waals surface area (Å²) in [5.74, 6) is -0.210. The van der Waals surface area contributed by atoms with Crippen LogP contribution in [0.15, 0.2) is 48.5 Å². The monoisotopic (exact) mass is 282 g/mol. The highest BCUT2D eigenvalue weighted by atomic mass is 19.1. The first-order valence-electron chi connectivity index (χ1n) is 7.07. The van der Waals surface area contributed by atoms with Crippen LogP contribution in [0.25, 0.3) is 12.2 Å². The third-order valence-corrected chi connectivity index (χ3v) is 2.95. The molecule has 0 aliphatic heterocycles. The zero-order valence-corrected chi connectivity index (χ0v) is 12.7. The van der Waals surface area contributed by atoms with Crippen LogP contribution in [-0.2, 0) is 0 Å². The Kier molecular flexibility index (Phi) is 4.69. The van der Waals surface area contributed by atoms with Gasteiger partial charge >= 0.3 is 0 Å². The number of halogens is 1. The predicted molar refractivity (Wildman–Crippen MR) is 87.7 cm³/mol. The highest BCUT2D eigenvalue weighted by Gasteiger charge is 2.11. The minimum atomic E-state index is -0.210. The summed E-state index contributed by atoms with van der Waals surface area (Å²) >= 11 is 0. The van der Waals surface area contributed by atoms with E-state index in [0.29, 0.717) is 0 Å². The normalized spacial score (nSPS) is 12.4. The van der Waals surface area contributed by atoms with Gasteiger partial charge in [-0.05, 0) is 56.2 Å². The van der Waals surface area contributed by atoms with E-state index in [4.69, 9.17) is 0 Å². The predicted octanol–water partition coefficient (Wildman–Crippen LogP) is 3.29. The molecule has 0 atom stereocenters. The Hall–Kier alpha value is -2.22. The number of benzene rings is 2. The van der Waals surface area contributed by atoms with Crippen LogP contribution >= 0.6 is 0 Å². The first kappa shape index (κ1) is 15.2. The second-order valence-electron chi connectivity index (χ2n) is 6.09. The average Bonchev–Trinajstić information content (AvgIpc) is 2.45. The quantitative estimate of drug-likeness (QED) is 0.656. The van der Waals surface area contributed by atoms with Crippen LogP contribution in [0.2, 0.25) is 0 Å². The molecule has 2 rings (SSSR count). The van der Waals surface area contributed by atoms with Crippen molar-refractivity contribution in [1.82, 2.24) is 0 Å². The molecular weight excluding hydrogens is 261 g/mol. The van der Waals surface area contributed by atoms with E-state index in [0.717, 1.165) is 16.7 Å². The van der Waals surface area contributed by atoms with Crippen molar-refractivity contribution in [3.05, 3.63) is 71.0 Å². The van der Waals surface area contributed by atoms with Crippen molar-refractivity contribution >= 4 is 18.4 Å². The van der Waals surface area contributed by atoms with E-state index in [1.807, 2.05) is 18.4 Å². The molecular formula is C19H21FN+. The summed E-state index contributed by atoms with van der Waals surface area (Å²) in [5, 5.41) is 0. The zero-order chi connectivity index (χ0) is 15.3. The van der Waals surface area contributed by atoms with Crippen molar-refractivity contribution in [2.45, 2.75) is 26.3 Å². The lowest BCUT2D eigenvalue weighted by atomic mass is 10.1. The molecule has 0 aliphatic carbocycles. The van der Waals surface area contributed by atoms with Crippen molar-refractivity contribution in [2.24, 2.45) is 0 Å². The minimum Gasteiger partial charge on any atom is -0.243 e. The fourth-order valence-corrected chi connectivity index (χ4v) is 1.77. The molecule has 21 heavy (non-hydrogen) atoms. The summed E-state index contributed by atoms with van der Waals surface area (Å²) in [6.07, 6.45) is 6.02. The third-order valence-electron chi connectivity index (χ3n) is 2.95. The largest absolute Gasteiger partial charge is 0.243 e. The Labute approximate surface area is 125 Å². The molecule has 0 saturated heterocycles. The Morgan fingerprint density at radius 1 is 0.762 bits per heavy atom. The van der Waals surface area contributed by atoms with Gasteiger partial charge in [0.2, 0.25) is 0 Å². The highest BCUT2D eigenvalue weighted by molar-refractivity contribution is 5.76. The van der Waals surface area contributed by atoms with Crippen molar-refractivity contribution < 1.29 is 9.38 Å². The van der Waals surface area contributed by atoms with Crippen LogP contribution in [0.3, 0.4) is 0 Å². The fraction of sp³-hybridized carbons (Fsp3) is 0.211. The molecule has 2 aromatic rings. The number of hydrogen-bond acceptors (Lipinski definition) is 0. The molecule has 0 heterocycles. The Morgan fingerprint density at radius 3 is 1.67 bits per heavy atom. The van der Waals surface area contributed by atoms with Gasteiger partial charge in [0.15, 0.2) is 11.8 Å². The van der Waals surface area contributed by atoms with Gasteiger partial charge in [-0.2, -0.15) is 0 Å². The maximum atomic E-state index is 12.8. The maximum absolute atomic E-state index is 12.8. The molecule has 1 nitrogen and oxygen atoms in total. The Bertz CT molecular complexity index is 629. The molecule has 1 N–H and O–H groups in total. The second kappa shape index (κ2) is 6.49. The number of nitrogens with one attached hydrogen (secondary N) is 1. The summed E-state index contributed by atoms with van der Waals surface area (Å²) in [5.41, 5.74) is 3.32. The highest BCUT2D eigenvalue weighted by Crippen LogP contribution is 2.09. The Balaban J connectivity index is 2.05. The van der Waals surface area contributed by atoms with Gasteiger partial charge in [-0.25, -0.2) is 9.38 Å². The van der Waals surface area contributed by atoms with Crippen LogP contribution in [0.5, 0.6) is 0 Å². The lowest BCUT2D eigenvalue weighted by molar-refractivity contribution is -0.533. The van der Waals surface area contributed by atoms with Gasteiger partial charge in [-0.1, -0.05) is 36.4 Å².